The van der Waals surface area contributed by atoms with Crippen LogP contribution in [0.1, 0.15) is 17.5 Å². The van der Waals surface area contributed by atoms with E-state index in [-0.39, 0.29) is 42.1 Å². The van der Waals surface area contributed by atoms with Gasteiger partial charge in [0.15, 0.2) is 11.5 Å². The number of methoxy groups -OCH3 is 1. The Morgan fingerprint density at radius 1 is 1.16 bits per heavy atom. The van der Waals surface area contributed by atoms with E-state index in [0.29, 0.717) is 26.6 Å². The predicted molar refractivity (Wildman–Crippen MR) is 124 cm³/mol. The van der Waals surface area contributed by atoms with Crippen LogP contribution in [0, 0.1) is 23.7 Å². The molecule has 2 fully saturated rings. The Morgan fingerprint density at radius 3 is 2.50 bits per heavy atom. The number of hydrogen-bond acceptors (Lipinski definition) is 5. The van der Waals surface area contributed by atoms with E-state index in [1.165, 1.54) is 6.21 Å². The number of rotatable bonds is 6. The van der Waals surface area contributed by atoms with Crippen LogP contribution in [0.2, 0.25) is 5.02 Å². The zero-order valence-electron chi connectivity index (χ0n) is 17.2. The normalized spacial score (nSPS) is 25.8. The minimum Gasteiger partial charge on any atom is -0.493 e. The Labute approximate surface area is 199 Å². The number of allylic oxidation sites excluding steroid dienone is 2. The van der Waals surface area contributed by atoms with Gasteiger partial charge in [0.25, 0.3) is 11.8 Å². The van der Waals surface area contributed by atoms with Crippen LogP contribution in [0.25, 0.3) is 0 Å². The summed E-state index contributed by atoms with van der Waals surface area (Å²) in [4.78, 5) is 25.6. The molecule has 8 heteroatoms. The molecule has 2 amide bonds. The molecular formula is C24H20BrClN2O4. The topological polar surface area (TPSA) is 68.2 Å². The number of imide groups is 1. The number of amides is 2. The van der Waals surface area contributed by atoms with Gasteiger partial charge in [0.1, 0.15) is 6.61 Å². The molecule has 164 valence electrons. The maximum atomic E-state index is 12.8. The monoisotopic (exact) mass is 514 g/mol. The molecule has 0 spiro atoms. The minimum atomic E-state index is -0.267. The van der Waals surface area contributed by atoms with Gasteiger partial charge in [-0.3, -0.25) is 9.59 Å². The highest BCUT2D eigenvalue weighted by Gasteiger charge is 2.59. The van der Waals surface area contributed by atoms with Crippen molar-refractivity contribution in [2.24, 2.45) is 28.8 Å². The van der Waals surface area contributed by atoms with Crippen molar-refractivity contribution in [3.05, 3.63) is 69.2 Å². The molecule has 1 saturated carbocycles. The lowest BCUT2D eigenvalue weighted by Gasteiger charge is -2.14. The van der Waals surface area contributed by atoms with E-state index in [1.54, 1.807) is 19.2 Å². The molecule has 0 N–H and O–H groups in total. The number of carbonyl (C=O) groups is 2. The van der Waals surface area contributed by atoms with Gasteiger partial charge in [-0.15, -0.1) is 0 Å². The van der Waals surface area contributed by atoms with Crippen LogP contribution in [-0.4, -0.2) is 30.1 Å². The van der Waals surface area contributed by atoms with Crippen molar-refractivity contribution in [1.82, 2.24) is 5.01 Å². The molecular weight excluding hydrogens is 496 g/mol. The number of carbonyl (C=O) groups excluding carboxylic acids is 2. The van der Waals surface area contributed by atoms with Gasteiger partial charge in [-0.1, -0.05) is 42.0 Å². The average molecular weight is 516 g/mol. The van der Waals surface area contributed by atoms with Crippen molar-refractivity contribution >= 4 is 45.6 Å². The van der Waals surface area contributed by atoms with Crippen LogP contribution in [-0.2, 0) is 16.2 Å². The highest BCUT2D eigenvalue weighted by atomic mass is 79.9. The van der Waals surface area contributed by atoms with E-state index in [0.717, 1.165) is 17.0 Å². The van der Waals surface area contributed by atoms with E-state index in [2.05, 4.69) is 33.2 Å². The van der Waals surface area contributed by atoms with Crippen molar-refractivity contribution in [3.63, 3.8) is 0 Å². The quantitative estimate of drug-likeness (QED) is 0.314. The van der Waals surface area contributed by atoms with Gasteiger partial charge in [-0.2, -0.15) is 10.1 Å². The zero-order valence-corrected chi connectivity index (χ0v) is 19.5. The zero-order chi connectivity index (χ0) is 22.4. The van der Waals surface area contributed by atoms with Crippen molar-refractivity contribution < 1.29 is 19.1 Å². The number of ether oxygens (including phenoxy) is 2. The first kappa shape index (κ1) is 21.2. The van der Waals surface area contributed by atoms with E-state index in [9.17, 15) is 9.59 Å². The molecule has 4 atom stereocenters. The lowest BCUT2D eigenvalue weighted by Crippen LogP contribution is -2.28. The maximum Gasteiger partial charge on any atom is 0.254 e. The smallest absolute Gasteiger partial charge is 0.254 e. The number of nitrogens with zero attached hydrogens (tertiary/aromatic N) is 2. The lowest BCUT2D eigenvalue weighted by molar-refractivity contribution is -0.140. The Kier molecular flexibility index (Phi) is 5.55. The van der Waals surface area contributed by atoms with Crippen LogP contribution in [0.5, 0.6) is 11.5 Å². The van der Waals surface area contributed by atoms with Crippen molar-refractivity contribution in [2.45, 2.75) is 13.0 Å². The summed E-state index contributed by atoms with van der Waals surface area (Å²) >= 11 is 9.73. The van der Waals surface area contributed by atoms with E-state index in [1.807, 2.05) is 24.3 Å². The Morgan fingerprint density at radius 2 is 1.84 bits per heavy atom. The minimum absolute atomic E-state index is 0.158. The summed E-state index contributed by atoms with van der Waals surface area (Å²) in [5.41, 5.74) is 1.52. The number of fused-ring (bicyclic) bond motifs is 5. The summed E-state index contributed by atoms with van der Waals surface area (Å²) in [6, 6.07) is 11.0. The van der Waals surface area contributed by atoms with Gasteiger partial charge in [-0.25, -0.2) is 0 Å². The molecule has 0 unspecified atom stereocenters. The fourth-order valence-corrected chi connectivity index (χ4v) is 5.61. The number of halogens is 2. The first-order valence-corrected chi connectivity index (χ1v) is 11.5. The van der Waals surface area contributed by atoms with E-state index < -0.39 is 0 Å². The third-order valence-corrected chi connectivity index (χ3v) is 7.31. The van der Waals surface area contributed by atoms with Gasteiger partial charge >= 0.3 is 0 Å². The molecule has 6 nitrogen and oxygen atoms in total. The molecule has 0 radical (unpaired) electrons. The van der Waals surface area contributed by atoms with Crippen LogP contribution in [0.15, 0.2) is 58.1 Å². The fraction of sp³-hybridized carbons (Fsp3) is 0.292. The summed E-state index contributed by atoms with van der Waals surface area (Å²) in [6.07, 6.45) is 6.52. The van der Waals surface area contributed by atoms with Crippen LogP contribution in [0.3, 0.4) is 0 Å². The molecule has 5 rings (SSSR count). The Balaban J connectivity index is 1.34. The maximum absolute atomic E-state index is 12.8. The molecule has 1 heterocycles. The van der Waals surface area contributed by atoms with Crippen LogP contribution >= 0.6 is 27.5 Å². The summed E-state index contributed by atoms with van der Waals surface area (Å²) in [5.74, 6) is 0.377. The van der Waals surface area contributed by atoms with Gasteiger partial charge in [-0.05, 0) is 57.9 Å². The number of hydrogen-bond donors (Lipinski definition) is 0. The van der Waals surface area contributed by atoms with Gasteiger partial charge in [0.05, 0.1) is 29.6 Å². The molecule has 1 aliphatic heterocycles. The summed E-state index contributed by atoms with van der Waals surface area (Å²) < 4.78 is 12.1. The molecule has 2 bridgehead atoms. The number of benzene rings is 2. The van der Waals surface area contributed by atoms with E-state index in [4.69, 9.17) is 21.1 Å². The molecule has 32 heavy (non-hydrogen) atoms. The highest BCUT2D eigenvalue weighted by molar-refractivity contribution is 9.10. The fourth-order valence-electron chi connectivity index (χ4n) is 4.84. The number of hydrazone groups is 1. The standard InChI is InChI=1S/C24H20BrClN2O4/c1-31-19-9-13(8-17(25)22(19)32-12-16-4-2-3-5-18(16)26)11-27-28-23(29)20-14-6-7-15(10-14)21(20)24(28)30/h2-9,11,14-15,20-21H,10,12H2,1H3/t14-,15-,20-,21+/m0/s1. The van der Waals surface area contributed by atoms with Gasteiger partial charge in [0, 0.05) is 10.6 Å². The van der Waals surface area contributed by atoms with Crippen LogP contribution < -0.4 is 9.47 Å². The second-order valence-electron chi connectivity index (χ2n) is 8.15. The first-order valence-electron chi connectivity index (χ1n) is 10.3. The Bertz CT molecular complexity index is 1130. The molecule has 1 saturated heterocycles. The highest BCUT2D eigenvalue weighted by Crippen LogP contribution is 2.52. The van der Waals surface area contributed by atoms with Crippen LogP contribution in [0.4, 0.5) is 0 Å². The molecule has 3 aliphatic rings. The van der Waals surface area contributed by atoms with Gasteiger partial charge < -0.3 is 9.47 Å². The molecule has 2 aliphatic carbocycles. The van der Waals surface area contributed by atoms with E-state index >= 15 is 0 Å². The molecule has 2 aromatic rings. The average Bonchev–Trinajstić information content (AvgIpc) is 3.46. The molecule has 0 aromatic heterocycles. The Hall–Kier alpha value is -2.64. The van der Waals surface area contributed by atoms with Crippen molar-refractivity contribution in [2.75, 3.05) is 7.11 Å². The van der Waals surface area contributed by atoms with Crippen molar-refractivity contribution in [1.29, 1.82) is 0 Å². The third-order valence-electron chi connectivity index (χ3n) is 6.35. The second kappa shape index (κ2) is 8.37. The third kappa shape index (κ3) is 3.53. The van der Waals surface area contributed by atoms with Crippen molar-refractivity contribution in [3.8, 4) is 11.5 Å². The molecule has 2 aromatic carbocycles. The summed E-state index contributed by atoms with van der Waals surface area (Å²) in [5, 5.41) is 5.89. The SMILES string of the molecule is COc1cc(C=NN2C(=O)[C@@H]3[C@H](C2=O)[C@H]2C=C[C@H]3C2)cc(Br)c1OCc1ccccc1Cl. The largest absolute Gasteiger partial charge is 0.493 e. The first-order chi connectivity index (χ1) is 15.5. The summed E-state index contributed by atoms with van der Waals surface area (Å²) in [6.45, 7) is 0.276. The second-order valence-corrected chi connectivity index (χ2v) is 9.41. The van der Waals surface area contributed by atoms with Gasteiger partial charge in [0.2, 0.25) is 0 Å². The predicted octanol–water partition coefficient (Wildman–Crippen LogP) is 4.83. The summed E-state index contributed by atoms with van der Waals surface area (Å²) in [7, 11) is 1.54. The lowest BCUT2D eigenvalue weighted by atomic mass is 9.85.